The third-order valence-electron chi connectivity index (χ3n) is 2.61. The zero-order valence-corrected chi connectivity index (χ0v) is 11.4. The molecule has 0 fully saturated rings. The number of hydrogen-bond donors (Lipinski definition) is 2. The van der Waals surface area contributed by atoms with Crippen LogP contribution >= 0.6 is 0 Å². The second-order valence-electron chi connectivity index (χ2n) is 4.23. The van der Waals surface area contributed by atoms with Crippen LogP contribution in [-0.2, 0) is 6.61 Å². The Hall–Kier alpha value is -2.63. The Balaban J connectivity index is 2.12. The van der Waals surface area contributed by atoms with Gasteiger partial charge in [-0.3, -0.25) is 5.41 Å². The molecule has 1 aromatic carbocycles. The Bertz CT molecular complexity index is 628. The summed E-state index contributed by atoms with van der Waals surface area (Å²) in [6.07, 6.45) is 0. The van der Waals surface area contributed by atoms with E-state index < -0.39 is 0 Å². The first-order valence-corrected chi connectivity index (χ1v) is 6.04. The molecule has 0 saturated heterocycles. The molecule has 1 heterocycles. The summed E-state index contributed by atoms with van der Waals surface area (Å²) < 4.78 is 10.7. The first-order valence-electron chi connectivity index (χ1n) is 6.04. The molecule has 3 N–H and O–H groups in total. The Morgan fingerprint density at radius 3 is 2.80 bits per heavy atom. The van der Waals surface area contributed by atoms with Crippen molar-refractivity contribution in [2.45, 2.75) is 13.5 Å². The van der Waals surface area contributed by atoms with E-state index >= 15 is 0 Å². The van der Waals surface area contributed by atoms with Crippen LogP contribution in [0.1, 0.15) is 17.0 Å². The van der Waals surface area contributed by atoms with Gasteiger partial charge >= 0.3 is 6.01 Å². The third-order valence-corrected chi connectivity index (χ3v) is 2.61. The van der Waals surface area contributed by atoms with Gasteiger partial charge in [-0.1, -0.05) is 12.1 Å². The molecule has 0 saturated carbocycles. The van der Waals surface area contributed by atoms with E-state index in [0.717, 1.165) is 11.3 Å². The molecule has 104 valence electrons. The average Bonchev–Trinajstić information content (AvgIpc) is 2.44. The van der Waals surface area contributed by atoms with Crippen LogP contribution < -0.4 is 15.2 Å². The molecule has 2 rings (SSSR count). The molecule has 6 heteroatoms. The topological polar surface area (TPSA) is 94.1 Å². The van der Waals surface area contributed by atoms with Gasteiger partial charge in [-0.15, -0.1) is 0 Å². The van der Waals surface area contributed by atoms with Crippen molar-refractivity contribution >= 4 is 5.84 Å². The van der Waals surface area contributed by atoms with Gasteiger partial charge in [0.15, 0.2) is 0 Å². The first kappa shape index (κ1) is 13.8. The maximum atomic E-state index is 7.39. The lowest BCUT2D eigenvalue weighted by atomic mass is 10.2. The number of aromatic nitrogens is 2. The third kappa shape index (κ3) is 3.44. The van der Waals surface area contributed by atoms with Gasteiger partial charge in [0.2, 0.25) is 0 Å². The highest BCUT2D eigenvalue weighted by atomic mass is 16.5. The van der Waals surface area contributed by atoms with Crippen LogP contribution in [0.25, 0.3) is 0 Å². The number of ether oxygens (including phenoxy) is 2. The highest BCUT2D eigenvalue weighted by Gasteiger charge is 2.06. The van der Waals surface area contributed by atoms with Crippen LogP contribution in [0.5, 0.6) is 11.8 Å². The number of aryl methyl sites for hydroxylation is 1. The Morgan fingerprint density at radius 2 is 2.10 bits per heavy atom. The number of nitrogens with one attached hydrogen (secondary N) is 1. The molecule has 0 radical (unpaired) electrons. The van der Waals surface area contributed by atoms with Gasteiger partial charge in [0.25, 0.3) is 0 Å². The summed E-state index contributed by atoms with van der Waals surface area (Å²) in [5.74, 6) is 0.655. The summed E-state index contributed by atoms with van der Waals surface area (Å²) in [5, 5.41) is 7.39. The van der Waals surface area contributed by atoms with E-state index in [1.54, 1.807) is 20.1 Å². The minimum atomic E-state index is -0.110. The number of nitrogen functional groups attached to an aromatic ring is 1. The van der Waals surface area contributed by atoms with Crippen molar-refractivity contribution in [3.8, 4) is 11.8 Å². The number of benzene rings is 1. The lowest BCUT2D eigenvalue weighted by Gasteiger charge is -2.08. The summed E-state index contributed by atoms with van der Waals surface area (Å²) in [4.78, 5) is 8.23. The fourth-order valence-electron chi connectivity index (χ4n) is 1.65. The second-order valence-corrected chi connectivity index (χ2v) is 4.23. The predicted molar refractivity (Wildman–Crippen MR) is 75.1 cm³/mol. The van der Waals surface area contributed by atoms with Crippen LogP contribution in [-0.4, -0.2) is 22.9 Å². The minimum Gasteiger partial charge on any atom is -0.497 e. The summed E-state index contributed by atoms with van der Waals surface area (Å²) >= 11 is 0. The molecule has 20 heavy (non-hydrogen) atoms. The van der Waals surface area contributed by atoms with Crippen LogP contribution in [0.15, 0.2) is 30.3 Å². The number of nitrogens with two attached hydrogens (primary N) is 1. The molecule has 0 aliphatic rings. The quantitative estimate of drug-likeness (QED) is 0.637. The van der Waals surface area contributed by atoms with Gasteiger partial charge in [0.05, 0.1) is 7.11 Å². The monoisotopic (exact) mass is 272 g/mol. The van der Waals surface area contributed by atoms with Crippen LogP contribution in [0.3, 0.4) is 0 Å². The van der Waals surface area contributed by atoms with E-state index in [0.29, 0.717) is 18.0 Å². The lowest BCUT2D eigenvalue weighted by molar-refractivity contribution is 0.279. The second kappa shape index (κ2) is 6.01. The maximum absolute atomic E-state index is 7.39. The van der Waals surface area contributed by atoms with Gasteiger partial charge in [-0.25, -0.2) is 4.98 Å². The van der Waals surface area contributed by atoms with Gasteiger partial charge < -0.3 is 15.2 Å². The largest absolute Gasteiger partial charge is 0.497 e. The van der Waals surface area contributed by atoms with Gasteiger partial charge in [0, 0.05) is 5.69 Å². The minimum absolute atomic E-state index is 0.110. The molecule has 0 amide bonds. The Kier molecular flexibility index (Phi) is 4.14. The van der Waals surface area contributed by atoms with Crippen molar-refractivity contribution in [1.29, 1.82) is 5.41 Å². The molecule has 0 atom stereocenters. The van der Waals surface area contributed by atoms with E-state index in [2.05, 4.69) is 9.97 Å². The first-order chi connectivity index (χ1) is 9.58. The zero-order valence-electron chi connectivity index (χ0n) is 11.4. The van der Waals surface area contributed by atoms with E-state index in [1.165, 1.54) is 0 Å². The van der Waals surface area contributed by atoms with Crippen LogP contribution in [0.2, 0.25) is 0 Å². The smallest absolute Gasteiger partial charge is 0.317 e. The molecule has 0 bridgehead atoms. The SMILES string of the molecule is COc1cccc(COc2nc(C)cc(C(=N)N)n2)c1. The number of rotatable bonds is 5. The van der Waals surface area contributed by atoms with E-state index in [9.17, 15) is 0 Å². The zero-order chi connectivity index (χ0) is 14.5. The Morgan fingerprint density at radius 1 is 1.30 bits per heavy atom. The molecule has 0 aliphatic heterocycles. The van der Waals surface area contributed by atoms with Crippen molar-refractivity contribution in [3.63, 3.8) is 0 Å². The molecular weight excluding hydrogens is 256 g/mol. The molecule has 0 unspecified atom stereocenters. The Labute approximate surface area is 117 Å². The molecule has 0 spiro atoms. The van der Waals surface area contributed by atoms with Crippen molar-refractivity contribution in [3.05, 3.63) is 47.3 Å². The van der Waals surface area contributed by atoms with Gasteiger partial charge in [-0.2, -0.15) is 4.98 Å². The number of amidine groups is 1. The van der Waals surface area contributed by atoms with Crippen molar-refractivity contribution in [2.75, 3.05) is 7.11 Å². The highest BCUT2D eigenvalue weighted by Crippen LogP contribution is 2.14. The molecule has 0 aliphatic carbocycles. The van der Waals surface area contributed by atoms with Gasteiger partial charge in [-0.05, 0) is 30.7 Å². The van der Waals surface area contributed by atoms with Crippen molar-refractivity contribution in [1.82, 2.24) is 9.97 Å². The summed E-state index contributed by atoms with van der Waals surface area (Å²) in [6, 6.07) is 9.39. The summed E-state index contributed by atoms with van der Waals surface area (Å²) in [7, 11) is 1.61. The predicted octanol–water partition coefficient (Wildman–Crippen LogP) is 1.66. The normalized spacial score (nSPS) is 10.1. The number of methoxy groups -OCH3 is 1. The average molecular weight is 272 g/mol. The maximum Gasteiger partial charge on any atom is 0.317 e. The van der Waals surface area contributed by atoms with Crippen molar-refractivity contribution < 1.29 is 9.47 Å². The fraction of sp³-hybridized carbons (Fsp3) is 0.214. The molecule has 1 aromatic heterocycles. The number of nitrogens with zero attached hydrogens (tertiary/aromatic N) is 2. The van der Waals surface area contributed by atoms with E-state index in [1.807, 2.05) is 24.3 Å². The van der Waals surface area contributed by atoms with E-state index in [-0.39, 0.29) is 11.8 Å². The van der Waals surface area contributed by atoms with Crippen LogP contribution in [0.4, 0.5) is 0 Å². The van der Waals surface area contributed by atoms with E-state index in [4.69, 9.17) is 20.6 Å². The molecule has 2 aromatic rings. The summed E-state index contributed by atoms with van der Waals surface area (Å²) in [5.41, 5.74) is 7.42. The lowest BCUT2D eigenvalue weighted by Crippen LogP contribution is -2.15. The summed E-state index contributed by atoms with van der Waals surface area (Å²) in [6.45, 7) is 2.12. The number of hydrogen-bond acceptors (Lipinski definition) is 5. The van der Waals surface area contributed by atoms with Crippen molar-refractivity contribution in [2.24, 2.45) is 5.73 Å². The fourth-order valence-corrected chi connectivity index (χ4v) is 1.65. The molecular formula is C14H16N4O2. The van der Waals surface area contributed by atoms with Gasteiger partial charge in [0.1, 0.15) is 23.9 Å². The molecule has 6 nitrogen and oxygen atoms in total. The highest BCUT2D eigenvalue weighted by molar-refractivity contribution is 5.93. The standard InChI is InChI=1S/C14H16N4O2/c1-9-6-12(13(15)16)18-14(17-9)20-8-10-4-3-5-11(7-10)19-2/h3-7H,8H2,1-2H3,(H3,15,16). The van der Waals surface area contributed by atoms with Crippen LogP contribution in [0, 0.1) is 12.3 Å².